The van der Waals surface area contributed by atoms with Gasteiger partial charge in [-0.1, -0.05) is 25.7 Å². The summed E-state index contributed by atoms with van der Waals surface area (Å²) < 4.78 is 12.4. The number of amides is 2. The van der Waals surface area contributed by atoms with Crippen LogP contribution in [0.25, 0.3) is 0 Å². The van der Waals surface area contributed by atoms with E-state index in [0.717, 1.165) is 38.5 Å². The average molecular weight is 685 g/mol. The van der Waals surface area contributed by atoms with Gasteiger partial charge in [-0.2, -0.15) is 0 Å². The smallest absolute Gasteiger partial charge is 0.247 e. The van der Waals surface area contributed by atoms with Gasteiger partial charge in [0.25, 0.3) is 0 Å². The van der Waals surface area contributed by atoms with Gasteiger partial charge >= 0.3 is 0 Å². The van der Waals surface area contributed by atoms with Crippen LogP contribution in [-0.4, -0.2) is 83.5 Å². The molecule has 0 unspecified atom stereocenters. The molecule has 2 aliphatic carbocycles. The van der Waals surface area contributed by atoms with Crippen molar-refractivity contribution in [3.63, 3.8) is 0 Å². The molecule has 2 aliphatic rings. The highest BCUT2D eigenvalue weighted by molar-refractivity contribution is 14.1. The third-order valence-corrected chi connectivity index (χ3v) is 8.44. The van der Waals surface area contributed by atoms with E-state index >= 15 is 0 Å². The van der Waals surface area contributed by atoms with Crippen LogP contribution in [0.1, 0.15) is 81.5 Å². The highest BCUT2D eigenvalue weighted by Gasteiger charge is 2.43. The number of nitrogens with zero attached hydrogens (tertiary/aromatic N) is 1. The third kappa shape index (κ3) is 8.99. The molecule has 0 spiro atoms. The number of aliphatic hydroxyl groups is 2. The minimum atomic E-state index is -1.17. The Balaban J connectivity index is 2.01. The molecule has 0 saturated heterocycles. The Labute approximate surface area is 255 Å². The van der Waals surface area contributed by atoms with Crippen LogP contribution in [0.5, 0.6) is 11.5 Å². The van der Waals surface area contributed by atoms with Crippen molar-refractivity contribution in [3.05, 3.63) is 32.9 Å². The van der Waals surface area contributed by atoms with E-state index < -0.39 is 24.2 Å². The molecule has 41 heavy (non-hydrogen) atoms. The van der Waals surface area contributed by atoms with Crippen LogP contribution < -0.4 is 14.8 Å². The van der Waals surface area contributed by atoms with Crippen LogP contribution in [0, 0.1) is 3.57 Å². The number of hydrogen-bond donors (Lipinski definition) is 3. The first-order valence-corrected chi connectivity index (χ1v) is 15.4. The lowest BCUT2D eigenvalue weighted by Gasteiger charge is -2.44. The number of halogens is 1. The number of aldehydes is 1. The SMILES string of the molecule is COc1cc(C=O)cc(I)c1O[C@H]1C=C(C(=O)NCCO)C[C@@H](N(C(=O)CCCC(C)=O)C2CCCCCC2)[C@@H]1O. The number of aliphatic hydroxyl groups excluding tert-OH is 2. The maximum Gasteiger partial charge on any atom is 0.247 e. The van der Waals surface area contributed by atoms with Gasteiger partial charge in [-0.05, 0) is 67.0 Å². The number of nitrogens with one attached hydrogen (secondary N) is 1. The molecule has 1 aromatic rings. The monoisotopic (exact) mass is 684 g/mol. The first-order valence-electron chi connectivity index (χ1n) is 14.3. The summed E-state index contributed by atoms with van der Waals surface area (Å²) in [6, 6.07) is 2.31. The van der Waals surface area contributed by atoms with Gasteiger partial charge in [0.1, 0.15) is 24.3 Å². The quantitative estimate of drug-likeness (QED) is 0.163. The Morgan fingerprint density at radius 1 is 1.15 bits per heavy atom. The number of Topliss-reactive ketones (excluding diaryl/α,β-unsaturated/α-hetero) is 1. The van der Waals surface area contributed by atoms with Gasteiger partial charge in [0.15, 0.2) is 11.5 Å². The molecule has 0 aliphatic heterocycles. The van der Waals surface area contributed by atoms with Crippen LogP contribution in [0.2, 0.25) is 0 Å². The molecule has 1 aromatic carbocycles. The first-order chi connectivity index (χ1) is 19.7. The van der Waals surface area contributed by atoms with E-state index in [1.54, 1.807) is 17.0 Å². The van der Waals surface area contributed by atoms with Gasteiger partial charge in [-0.3, -0.25) is 14.4 Å². The second kappa shape index (κ2) is 16.2. The Morgan fingerprint density at radius 2 is 1.85 bits per heavy atom. The summed E-state index contributed by atoms with van der Waals surface area (Å²) >= 11 is 2.02. The highest BCUT2D eigenvalue weighted by Crippen LogP contribution is 2.38. The van der Waals surface area contributed by atoms with Gasteiger partial charge in [0.05, 0.1) is 23.3 Å². The van der Waals surface area contributed by atoms with Crippen molar-refractivity contribution in [2.45, 2.75) is 95.4 Å². The summed E-state index contributed by atoms with van der Waals surface area (Å²) in [5.41, 5.74) is 0.739. The molecule has 2 amide bonds. The summed E-state index contributed by atoms with van der Waals surface area (Å²) in [4.78, 5) is 51.6. The number of ketones is 1. The van der Waals surface area contributed by atoms with Crippen molar-refractivity contribution in [3.8, 4) is 11.5 Å². The minimum absolute atomic E-state index is 0.0138. The van der Waals surface area contributed by atoms with Crippen molar-refractivity contribution >= 4 is 46.5 Å². The van der Waals surface area contributed by atoms with Gasteiger partial charge in [0.2, 0.25) is 11.8 Å². The zero-order valence-corrected chi connectivity index (χ0v) is 25.9. The molecular formula is C30H41IN2O8. The Kier molecular flexibility index (Phi) is 13.0. The van der Waals surface area contributed by atoms with Crippen molar-refractivity contribution in [1.82, 2.24) is 10.2 Å². The lowest BCUT2D eigenvalue weighted by molar-refractivity contribution is -0.142. The molecular weight excluding hydrogens is 643 g/mol. The van der Waals surface area contributed by atoms with E-state index in [9.17, 15) is 29.4 Å². The maximum atomic E-state index is 13.8. The second-order valence-electron chi connectivity index (χ2n) is 10.7. The predicted molar refractivity (Wildman–Crippen MR) is 161 cm³/mol. The fourth-order valence-electron chi connectivity index (χ4n) is 5.62. The molecule has 226 valence electrons. The molecule has 0 radical (unpaired) electrons. The molecule has 3 atom stereocenters. The van der Waals surface area contributed by atoms with Crippen LogP contribution in [0.3, 0.4) is 0 Å². The van der Waals surface area contributed by atoms with Crippen LogP contribution in [-0.2, 0) is 14.4 Å². The zero-order valence-electron chi connectivity index (χ0n) is 23.8. The third-order valence-electron chi connectivity index (χ3n) is 7.64. The van der Waals surface area contributed by atoms with Crippen molar-refractivity contribution in [1.29, 1.82) is 0 Å². The average Bonchev–Trinajstić information content (AvgIpc) is 3.23. The largest absolute Gasteiger partial charge is 0.493 e. The molecule has 10 nitrogen and oxygen atoms in total. The molecule has 1 fully saturated rings. The van der Waals surface area contributed by atoms with Crippen molar-refractivity contribution in [2.24, 2.45) is 0 Å². The normalized spacial score (nSPS) is 21.3. The molecule has 11 heteroatoms. The van der Waals surface area contributed by atoms with E-state index in [2.05, 4.69) is 5.32 Å². The van der Waals surface area contributed by atoms with Crippen molar-refractivity contribution < 1.29 is 38.9 Å². The summed E-state index contributed by atoms with van der Waals surface area (Å²) in [5.74, 6) is 0.0604. The van der Waals surface area contributed by atoms with E-state index in [-0.39, 0.29) is 43.7 Å². The molecule has 1 saturated carbocycles. The second-order valence-corrected chi connectivity index (χ2v) is 11.8. The summed E-state index contributed by atoms with van der Waals surface area (Å²) in [5, 5.41) is 23.7. The summed E-state index contributed by atoms with van der Waals surface area (Å²) in [6.45, 7) is 1.33. The Hall–Kier alpha value is -2.51. The van der Waals surface area contributed by atoms with Crippen LogP contribution in [0.4, 0.5) is 0 Å². The number of ether oxygens (including phenoxy) is 2. The van der Waals surface area contributed by atoms with E-state index in [1.165, 1.54) is 20.1 Å². The van der Waals surface area contributed by atoms with Gasteiger partial charge < -0.3 is 34.7 Å². The number of benzene rings is 1. The lowest BCUT2D eigenvalue weighted by Crippen LogP contribution is -2.58. The standard InChI is InChI=1S/C30H41IN2O8/c1-19(36)8-7-11-27(37)33(22-9-5-3-4-6-10-22)24-16-21(30(39)32-12-13-34)17-25(28(24)38)41-29-23(31)14-20(18-35)15-26(29)40-2/h14-15,17-18,22,24-25,28,34,38H,3-13,16H2,1-2H3,(H,32,39)/t24-,25+,28+/m1/s1. The minimum Gasteiger partial charge on any atom is -0.493 e. The van der Waals surface area contributed by atoms with Crippen LogP contribution >= 0.6 is 22.6 Å². The molecule has 3 N–H and O–H groups in total. The fraction of sp³-hybridized carbons (Fsp3) is 0.600. The molecule has 0 heterocycles. The van der Waals surface area contributed by atoms with Gasteiger partial charge in [0, 0.05) is 43.0 Å². The van der Waals surface area contributed by atoms with E-state index in [1.807, 2.05) is 22.6 Å². The topological polar surface area (TPSA) is 142 Å². The Bertz CT molecular complexity index is 1120. The molecule has 3 rings (SSSR count). The number of carbonyl (C=O) groups is 4. The Morgan fingerprint density at radius 3 is 2.46 bits per heavy atom. The number of hydrogen-bond acceptors (Lipinski definition) is 8. The van der Waals surface area contributed by atoms with E-state index in [4.69, 9.17) is 9.47 Å². The van der Waals surface area contributed by atoms with Gasteiger partial charge in [-0.15, -0.1) is 0 Å². The van der Waals surface area contributed by atoms with Gasteiger partial charge in [-0.25, -0.2) is 0 Å². The predicted octanol–water partition coefficient (Wildman–Crippen LogP) is 3.34. The lowest BCUT2D eigenvalue weighted by atomic mass is 9.86. The first kappa shape index (κ1) is 33.0. The highest BCUT2D eigenvalue weighted by atomic mass is 127. The fourth-order valence-corrected chi connectivity index (χ4v) is 6.37. The van der Waals surface area contributed by atoms with Crippen molar-refractivity contribution in [2.75, 3.05) is 20.3 Å². The number of rotatable bonds is 13. The number of methoxy groups -OCH3 is 1. The maximum absolute atomic E-state index is 13.8. The summed E-state index contributed by atoms with van der Waals surface area (Å²) in [7, 11) is 1.45. The number of carbonyl (C=O) groups excluding carboxylic acids is 4. The molecule has 0 aromatic heterocycles. The zero-order chi connectivity index (χ0) is 29.9. The molecule has 0 bridgehead atoms. The summed E-state index contributed by atoms with van der Waals surface area (Å²) in [6.07, 6.45) is 6.73. The van der Waals surface area contributed by atoms with E-state index in [0.29, 0.717) is 45.3 Å². The van der Waals surface area contributed by atoms with Crippen LogP contribution in [0.15, 0.2) is 23.8 Å².